The lowest BCUT2D eigenvalue weighted by Crippen LogP contribution is -2.24. The van der Waals surface area contributed by atoms with Crippen LogP contribution < -0.4 is 9.47 Å². The first kappa shape index (κ1) is 34.9. The first-order chi connectivity index (χ1) is 20.3. The van der Waals surface area contributed by atoms with Gasteiger partial charge in [0.2, 0.25) is 5.82 Å². The van der Waals surface area contributed by atoms with E-state index in [4.69, 9.17) is 9.47 Å². The van der Waals surface area contributed by atoms with Gasteiger partial charge in [0.1, 0.15) is 37.7 Å². The van der Waals surface area contributed by atoms with Crippen molar-refractivity contribution in [3.63, 3.8) is 0 Å². The molecule has 12 heteroatoms. The Morgan fingerprint density at radius 3 is 1.23 bits per heavy atom. The van der Waals surface area contributed by atoms with Gasteiger partial charge in [-0.1, -0.05) is 36.4 Å². The summed E-state index contributed by atoms with van der Waals surface area (Å²) >= 11 is 0. The molecule has 44 heavy (non-hydrogen) atoms. The smallest absolute Gasteiger partial charge is 0.200 e. The zero-order valence-corrected chi connectivity index (χ0v) is 26.4. The molecule has 4 aromatic rings. The van der Waals surface area contributed by atoms with E-state index in [2.05, 4.69) is 114 Å². The van der Waals surface area contributed by atoms with E-state index in [9.17, 15) is 34.9 Å². The maximum Gasteiger partial charge on any atom is 0.200 e. The van der Waals surface area contributed by atoms with Crippen molar-refractivity contribution in [3.05, 3.63) is 108 Å². The van der Waals surface area contributed by atoms with E-state index in [0.29, 0.717) is 0 Å². The van der Waals surface area contributed by atoms with Crippen molar-refractivity contribution < 1.29 is 44.4 Å². The van der Waals surface area contributed by atoms with Crippen LogP contribution in [0.15, 0.2) is 98.4 Å². The van der Waals surface area contributed by atoms with Crippen LogP contribution in [0.25, 0.3) is 0 Å². The summed E-state index contributed by atoms with van der Waals surface area (Å²) in [6, 6.07) is 27.6. The summed E-state index contributed by atoms with van der Waals surface area (Å²) in [5.74, 6) is -11.2. The Hall–Kier alpha value is -3.61. The van der Waals surface area contributed by atoms with Crippen LogP contribution in [0.3, 0.4) is 0 Å². The monoisotopic (exact) mass is 654 g/mol. The van der Waals surface area contributed by atoms with Gasteiger partial charge in [0.15, 0.2) is 38.0 Å². The van der Waals surface area contributed by atoms with Crippen LogP contribution in [0.5, 0.6) is 11.5 Å². The van der Waals surface area contributed by atoms with Crippen LogP contribution in [0, 0.1) is 29.1 Å². The Morgan fingerprint density at radius 1 is 0.568 bits per heavy atom. The molecule has 0 aromatic heterocycles. The summed E-state index contributed by atoms with van der Waals surface area (Å²) in [7, 11) is -6.02. The number of ether oxygens (including phenoxy) is 2. The highest BCUT2D eigenvalue weighted by Crippen LogP contribution is 2.37. The minimum atomic E-state index is -5.77. The maximum absolute atomic E-state index is 12.6. The highest BCUT2D eigenvalue weighted by molar-refractivity contribution is 7.97. The molecule has 0 saturated heterocycles. The molecule has 0 spiro atoms. The normalized spacial score (nSPS) is 12.0. The van der Waals surface area contributed by atoms with Crippen molar-refractivity contribution in [2.24, 2.45) is 0 Å². The molecule has 0 aliphatic rings. The summed E-state index contributed by atoms with van der Waals surface area (Å²) in [5.41, 5.74) is -0.564. The SMILES string of the molecule is CC(C)(C)Oc1cc(OC(C)(C)C)cc([S+](c2ccccc2)c2ccccc2)c1.O=S(=O)([O-])c1c(F)c(F)c(F)c(F)c1F. The van der Waals surface area contributed by atoms with Crippen molar-refractivity contribution >= 4 is 21.0 Å². The van der Waals surface area contributed by atoms with E-state index >= 15 is 0 Å². The van der Waals surface area contributed by atoms with Gasteiger partial charge in [0.05, 0.1) is 10.9 Å². The number of rotatable bonds is 6. The lowest BCUT2D eigenvalue weighted by molar-refractivity contribution is 0.120. The highest BCUT2D eigenvalue weighted by atomic mass is 32.2. The molecular formula is C32H31F5O5S2. The van der Waals surface area contributed by atoms with Crippen LogP contribution in [0.2, 0.25) is 0 Å². The molecule has 0 radical (unpaired) electrons. The number of hydrogen-bond acceptors (Lipinski definition) is 5. The molecule has 0 atom stereocenters. The van der Waals surface area contributed by atoms with Gasteiger partial charge >= 0.3 is 0 Å². The van der Waals surface area contributed by atoms with Gasteiger partial charge in [0, 0.05) is 18.2 Å². The molecule has 0 fully saturated rings. The molecule has 0 bridgehead atoms. The molecule has 0 amide bonds. The van der Waals surface area contributed by atoms with Crippen LogP contribution in [0.1, 0.15) is 41.5 Å². The molecule has 4 rings (SSSR count). The highest BCUT2D eigenvalue weighted by Gasteiger charge is 2.31. The fourth-order valence-electron chi connectivity index (χ4n) is 3.81. The summed E-state index contributed by atoms with van der Waals surface area (Å²) in [6.07, 6.45) is 0. The molecule has 5 nitrogen and oxygen atoms in total. The second-order valence-electron chi connectivity index (χ2n) is 11.4. The van der Waals surface area contributed by atoms with E-state index in [1.165, 1.54) is 14.7 Å². The predicted octanol–water partition coefficient (Wildman–Crippen LogP) is 8.42. The molecule has 0 aliphatic heterocycles. The molecule has 0 saturated carbocycles. The van der Waals surface area contributed by atoms with Crippen LogP contribution in [-0.4, -0.2) is 24.2 Å². The molecule has 0 heterocycles. The zero-order chi connectivity index (χ0) is 33.0. The Kier molecular flexibility index (Phi) is 10.8. The fourth-order valence-corrected chi connectivity index (χ4v) is 6.58. The van der Waals surface area contributed by atoms with Gasteiger partial charge in [-0.05, 0) is 65.8 Å². The summed E-state index contributed by atoms with van der Waals surface area (Å²) in [6.45, 7) is 12.4. The minimum absolute atomic E-state index is 0.252. The van der Waals surface area contributed by atoms with Gasteiger partial charge in [0.25, 0.3) is 0 Å². The van der Waals surface area contributed by atoms with Crippen LogP contribution in [0.4, 0.5) is 22.0 Å². The minimum Gasteiger partial charge on any atom is -0.744 e. The van der Waals surface area contributed by atoms with Crippen molar-refractivity contribution in [2.45, 2.75) is 72.3 Å². The third-order valence-corrected chi connectivity index (χ3v) is 8.37. The second-order valence-corrected chi connectivity index (χ2v) is 14.7. The largest absolute Gasteiger partial charge is 0.744 e. The van der Waals surface area contributed by atoms with Gasteiger partial charge in [-0.25, -0.2) is 30.4 Å². The third kappa shape index (κ3) is 9.20. The fraction of sp³-hybridized carbons (Fsp3) is 0.250. The standard InChI is InChI=1S/C26H31O2S.C6HF5O3S/c1-25(2,3)27-20-17-21(28-26(4,5)6)19-24(18-20)29(22-13-9-7-10-14-22)23-15-11-8-12-16-23;7-1-2(8)4(10)6(15(12,13)14)5(11)3(1)9/h7-19H,1-6H3;(H,12,13,14)/q+1;/p-1. The Balaban J connectivity index is 0.000000297. The van der Waals surface area contributed by atoms with E-state index in [-0.39, 0.29) is 22.1 Å². The summed E-state index contributed by atoms with van der Waals surface area (Å²) in [4.78, 5) is 1.35. The second kappa shape index (κ2) is 13.6. The molecular weight excluding hydrogens is 623 g/mol. The average molecular weight is 655 g/mol. The van der Waals surface area contributed by atoms with E-state index in [1.807, 2.05) is 6.07 Å². The van der Waals surface area contributed by atoms with Crippen LogP contribution >= 0.6 is 0 Å². The van der Waals surface area contributed by atoms with E-state index in [1.54, 1.807) is 0 Å². The average Bonchev–Trinajstić information content (AvgIpc) is 2.90. The van der Waals surface area contributed by atoms with Crippen molar-refractivity contribution in [1.82, 2.24) is 0 Å². The van der Waals surface area contributed by atoms with E-state index in [0.717, 1.165) is 11.5 Å². The first-order valence-electron chi connectivity index (χ1n) is 13.1. The van der Waals surface area contributed by atoms with Crippen molar-refractivity contribution in [3.8, 4) is 11.5 Å². The lowest BCUT2D eigenvalue weighted by Gasteiger charge is -2.25. The van der Waals surface area contributed by atoms with Gasteiger partial charge < -0.3 is 14.0 Å². The molecule has 236 valence electrons. The lowest BCUT2D eigenvalue weighted by atomic mass is 10.2. The Bertz CT molecular complexity index is 1600. The quantitative estimate of drug-likeness (QED) is 0.0686. The first-order valence-corrected chi connectivity index (χ1v) is 15.8. The number of hydrogen-bond donors (Lipinski definition) is 0. The predicted molar refractivity (Wildman–Crippen MR) is 156 cm³/mol. The number of halogens is 5. The molecule has 0 unspecified atom stereocenters. The molecule has 0 N–H and O–H groups in total. The van der Waals surface area contributed by atoms with Gasteiger partial charge in [-0.3, -0.25) is 0 Å². The van der Waals surface area contributed by atoms with Gasteiger partial charge in [-0.15, -0.1) is 0 Å². The summed E-state index contributed by atoms with van der Waals surface area (Å²) < 4.78 is 105. The summed E-state index contributed by atoms with van der Waals surface area (Å²) in [5, 5.41) is 0. The van der Waals surface area contributed by atoms with Crippen molar-refractivity contribution in [2.75, 3.05) is 0 Å². The number of benzene rings is 4. The topological polar surface area (TPSA) is 75.7 Å². The maximum atomic E-state index is 12.6. The third-order valence-electron chi connectivity index (χ3n) is 5.31. The van der Waals surface area contributed by atoms with E-state index < -0.39 is 44.1 Å². The Morgan fingerprint density at radius 2 is 0.909 bits per heavy atom. The van der Waals surface area contributed by atoms with Crippen LogP contribution in [-0.2, 0) is 21.0 Å². The molecule has 0 aliphatic carbocycles. The molecule has 4 aromatic carbocycles. The zero-order valence-electron chi connectivity index (χ0n) is 24.8. The van der Waals surface area contributed by atoms with Gasteiger partial charge in [-0.2, -0.15) is 0 Å². The van der Waals surface area contributed by atoms with Crippen molar-refractivity contribution in [1.29, 1.82) is 0 Å². The Labute approximate surface area is 256 Å².